The fourth-order valence-electron chi connectivity index (χ4n) is 14.7. The SMILES string of the molecule is c1ccc(C2(c3ccccc3)c3ccccc3-c3c(N(c4ccc(-c5cccc6oc7ccccc7c56)cc4)c4cccc5c4-c4ccccc4C54c5ccccc5-n5c6ccccc6c6cccc4c65)cccc32)cc1. The van der Waals surface area contributed by atoms with Gasteiger partial charge < -0.3 is 13.9 Å². The van der Waals surface area contributed by atoms with E-state index in [0.29, 0.717) is 0 Å². The molecule has 0 fully saturated rings. The second kappa shape index (κ2) is 15.8. The fraction of sp³-hybridized carbons (Fsp3) is 0.0270. The summed E-state index contributed by atoms with van der Waals surface area (Å²) in [6.45, 7) is 0. The molecular weight excluding hydrogens is 933 g/mol. The Labute approximate surface area is 445 Å². The second-order valence-electron chi connectivity index (χ2n) is 21.0. The number of aromatic nitrogens is 1. The summed E-state index contributed by atoms with van der Waals surface area (Å²) in [5.41, 5.74) is 25.0. The highest BCUT2D eigenvalue weighted by Crippen LogP contribution is 2.65. The summed E-state index contributed by atoms with van der Waals surface area (Å²) < 4.78 is 8.96. The second-order valence-corrected chi connectivity index (χ2v) is 21.0. The highest BCUT2D eigenvalue weighted by molar-refractivity contribution is 6.14. The quantitative estimate of drug-likeness (QED) is 0.166. The Kier molecular flexibility index (Phi) is 8.69. The lowest BCUT2D eigenvalue weighted by atomic mass is 9.65. The zero-order valence-electron chi connectivity index (χ0n) is 41.9. The molecule has 0 radical (unpaired) electrons. The molecule has 3 nitrogen and oxygen atoms in total. The minimum Gasteiger partial charge on any atom is -0.456 e. The number of fused-ring (bicyclic) bond motifs is 18. The molecule has 2 aliphatic carbocycles. The number of anilines is 3. The van der Waals surface area contributed by atoms with Crippen LogP contribution in [0.2, 0.25) is 0 Å². The number of hydrogen-bond donors (Lipinski definition) is 0. The number of nitrogens with zero attached hydrogens (tertiary/aromatic N) is 2. The van der Waals surface area contributed by atoms with E-state index in [0.717, 1.165) is 50.1 Å². The number of furan rings is 1. The van der Waals surface area contributed by atoms with E-state index in [1.807, 2.05) is 6.07 Å². The van der Waals surface area contributed by atoms with Crippen molar-refractivity contribution in [2.24, 2.45) is 0 Å². The molecule has 0 saturated heterocycles. The van der Waals surface area contributed by atoms with Crippen LogP contribution in [0, 0.1) is 0 Å². The van der Waals surface area contributed by atoms with Crippen molar-refractivity contribution < 1.29 is 4.42 Å². The van der Waals surface area contributed by atoms with Crippen LogP contribution in [-0.2, 0) is 10.8 Å². The van der Waals surface area contributed by atoms with E-state index >= 15 is 0 Å². The van der Waals surface area contributed by atoms with E-state index < -0.39 is 10.8 Å². The highest BCUT2D eigenvalue weighted by Gasteiger charge is 2.52. The van der Waals surface area contributed by atoms with Gasteiger partial charge in [-0.25, -0.2) is 0 Å². The van der Waals surface area contributed by atoms with E-state index in [4.69, 9.17) is 4.42 Å². The Balaban J connectivity index is 0.973. The third kappa shape index (κ3) is 5.44. The summed E-state index contributed by atoms with van der Waals surface area (Å²) in [5.74, 6) is 0. The normalized spacial score (nSPS) is 15.2. The van der Waals surface area contributed by atoms with E-state index in [-0.39, 0.29) is 0 Å². The maximum absolute atomic E-state index is 6.43. The van der Waals surface area contributed by atoms with Crippen LogP contribution in [0.3, 0.4) is 0 Å². The molecule has 3 heteroatoms. The monoisotopic (exact) mass is 978 g/mol. The van der Waals surface area contributed by atoms with Gasteiger partial charge in [0.05, 0.1) is 38.9 Å². The summed E-state index contributed by atoms with van der Waals surface area (Å²) in [4.78, 5) is 2.58. The molecule has 1 atom stereocenters. The van der Waals surface area contributed by atoms with Crippen LogP contribution in [-0.4, -0.2) is 4.57 Å². The summed E-state index contributed by atoms with van der Waals surface area (Å²) in [6, 6.07) is 104. The number of rotatable bonds is 6. The topological polar surface area (TPSA) is 21.3 Å². The Morgan fingerprint density at radius 3 is 1.53 bits per heavy atom. The van der Waals surface area contributed by atoms with Gasteiger partial charge in [0.25, 0.3) is 0 Å². The first kappa shape index (κ1) is 42.4. The average molecular weight is 979 g/mol. The van der Waals surface area contributed by atoms with Gasteiger partial charge in [0.1, 0.15) is 11.2 Å². The van der Waals surface area contributed by atoms with Gasteiger partial charge in [0, 0.05) is 38.4 Å². The zero-order chi connectivity index (χ0) is 50.4. The van der Waals surface area contributed by atoms with Gasteiger partial charge >= 0.3 is 0 Å². The lowest BCUT2D eigenvalue weighted by Gasteiger charge is -2.39. The van der Waals surface area contributed by atoms with E-state index in [1.165, 1.54) is 94.3 Å². The Morgan fingerprint density at radius 1 is 0.325 bits per heavy atom. The molecule has 358 valence electrons. The van der Waals surface area contributed by atoms with Crippen molar-refractivity contribution in [1.29, 1.82) is 0 Å². The maximum atomic E-state index is 6.43. The minimum atomic E-state index is -0.620. The number of hydrogen-bond acceptors (Lipinski definition) is 2. The van der Waals surface area contributed by atoms with Crippen LogP contribution in [0.5, 0.6) is 0 Å². The molecule has 3 heterocycles. The van der Waals surface area contributed by atoms with Gasteiger partial charge in [0.2, 0.25) is 0 Å². The van der Waals surface area contributed by atoms with Crippen LogP contribution < -0.4 is 4.90 Å². The van der Waals surface area contributed by atoms with Crippen molar-refractivity contribution in [2.75, 3.05) is 4.90 Å². The molecule has 14 aromatic rings. The lowest BCUT2D eigenvalue weighted by Crippen LogP contribution is -2.33. The van der Waals surface area contributed by atoms with Crippen LogP contribution in [0.4, 0.5) is 17.1 Å². The third-order valence-electron chi connectivity index (χ3n) is 17.5. The van der Waals surface area contributed by atoms with Crippen molar-refractivity contribution in [1.82, 2.24) is 4.57 Å². The third-order valence-corrected chi connectivity index (χ3v) is 17.5. The van der Waals surface area contributed by atoms with Gasteiger partial charge in [0.15, 0.2) is 0 Å². The summed E-state index contributed by atoms with van der Waals surface area (Å²) in [5, 5.41) is 4.79. The molecule has 0 saturated carbocycles. The van der Waals surface area contributed by atoms with Crippen LogP contribution >= 0.6 is 0 Å². The molecule has 12 aromatic carbocycles. The molecule has 77 heavy (non-hydrogen) atoms. The number of benzene rings is 12. The minimum absolute atomic E-state index is 0.579. The van der Waals surface area contributed by atoms with Crippen molar-refractivity contribution in [3.63, 3.8) is 0 Å². The number of para-hydroxylation sites is 4. The zero-order valence-corrected chi connectivity index (χ0v) is 41.9. The predicted molar refractivity (Wildman–Crippen MR) is 316 cm³/mol. The van der Waals surface area contributed by atoms with E-state index in [1.54, 1.807) is 0 Å². The van der Waals surface area contributed by atoms with Crippen molar-refractivity contribution in [3.05, 3.63) is 324 Å². The molecule has 0 bridgehead atoms. The van der Waals surface area contributed by atoms with Crippen molar-refractivity contribution in [3.8, 4) is 39.1 Å². The first-order valence-corrected chi connectivity index (χ1v) is 26.8. The maximum Gasteiger partial charge on any atom is 0.136 e. The first-order chi connectivity index (χ1) is 38.2. The first-order valence-electron chi connectivity index (χ1n) is 26.8. The Hall–Kier alpha value is -9.96. The van der Waals surface area contributed by atoms with E-state index in [2.05, 4.69) is 282 Å². The van der Waals surface area contributed by atoms with Gasteiger partial charge in [-0.2, -0.15) is 0 Å². The van der Waals surface area contributed by atoms with Crippen LogP contribution in [0.15, 0.2) is 283 Å². The average Bonchev–Trinajstić information content (AvgIpc) is 4.17. The molecule has 2 aromatic heterocycles. The van der Waals surface area contributed by atoms with E-state index in [9.17, 15) is 0 Å². The Morgan fingerprint density at radius 2 is 0.818 bits per heavy atom. The van der Waals surface area contributed by atoms with Crippen molar-refractivity contribution in [2.45, 2.75) is 10.8 Å². The molecule has 17 rings (SSSR count). The van der Waals surface area contributed by atoms with Gasteiger partial charge in [-0.3, -0.25) is 0 Å². The molecule has 1 unspecified atom stereocenters. The van der Waals surface area contributed by atoms with Crippen LogP contribution in [0.25, 0.3) is 82.8 Å². The lowest BCUT2D eigenvalue weighted by molar-refractivity contribution is 0.669. The Bertz CT molecular complexity index is 4710. The fourth-order valence-corrected chi connectivity index (χ4v) is 14.7. The largest absolute Gasteiger partial charge is 0.456 e. The molecule has 1 aliphatic heterocycles. The summed E-state index contributed by atoms with van der Waals surface area (Å²) in [6.07, 6.45) is 0. The standard InChI is InChI=1S/C74H46N2O/c1-3-21-48(22-4-1)73(49-23-5-2-6-24-49)57-31-11-7-26-54(57)70-60(73)34-19-39-65(70)75(50-45-43-47(44-46-50)51-29-18-42-68-69(51)56-28-10-16-41-67(56)77-68)66-40-20-35-61-71(66)55-27-8-12-32-58(55)74(61)59-33-13-15-38-64(59)76-63-37-14-9-25-52(63)53-30-17-36-62(74)72(53)76/h1-46H. The molecule has 0 amide bonds. The molecule has 0 N–H and O–H groups in total. The summed E-state index contributed by atoms with van der Waals surface area (Å²) in [7, 11) is 0. The van der Waals surface area contributed by atoms with Gasteiger partial charge in [-0.05, 0) is 115 Å². The molecule has 3 aliphatic rings. The van der Waals surface area contributed by atoms with Crippen molar-refractivity contribution >= 4 is 60.8 Å². The van der Waals surface area contributed by atoms with Gasteiger partial charge in [-0.1, -0.05) is 231 Å². The van der Waals surface area contributed by atoms with Crippen LogP contribution in [0.1, 0.15) is 44.5 Å². The molecule has 1 spiro atoms. The summed E-state index contributed by atoms with van der Waals surface area (Å²) >= 11 is 0. The highest BCUT2D eigenvalue weighted by atomic mass is 16.3. The smallest absolute Gasteiger partial charge is 0.136 e. The predicted octanol–water partition coefficient (Wildman–Crippen LogP) is 18.9. The molecular formula is C74H46N2O. The van der Waals surface area contributed by atoms with Gasteiger partial charge in [-0.15, -0.1) is 0 Å².